The van der Waals surface area contributed by atoms with Crippen LogP contribution in [0.2, 0.25) is 0 Å². The Bertz CT molecular complexity index is 935. The first-order valence-corrected chi connectivity index (χ1v) is 9.04. The van der Waals surface area contributed by atoms with Crippen molar-refractivity contribution in [1.82, 2.24) is 4.90 Å². The summed E-state index contributed by atoms with van der Waals surface area (Å²) in [7, 11) is 0. The maximum Gasteiger partial charge on any atom is 0.290 e. The first-order valence-electron chi connectivity index (χ1n) is 9.04. The van der Waals surface area contributed by atoms with Crippen molar-refractivity contribution in [2.45, 2.75) is 18.9 Å². The van der Waals surface area contributed by atoms with E-state index in [1.54, 1.807) is 17.0 Å². The van der Waals surface area contributed by atoms with Crippen LogP contribution in [0.15, 0.2) is 77.4 Å². The summed E-state index contributed by atoms with van der Waals surface area (Å²) in [6, 6.07) is 20.4. The largest absolute Gasteiger partial charge is 0.459 e. The lowest BCUT2D eigenvalue weighted by molar-refractivity contribution is -0.119. The van der Waals surface area contributed by atoms with E-state index in [-0.39, 0.29) is 17.6 Å². The van der Waals surface area contributed by atoms with Crippen LogP contribution in [0.1, 0.15) is 23.4 Å². The van der Waals surface area contributed by atoms with Crippen LogP contribution >= 0.6 is 0 Å². The zero-order valence-electron chi connectivity index (χ0n) is 14.8. The molecule has 0 spiro atoms. The standard InChI is InChI=1S/C22H20N2O3/c25-21(19-12-6-14-24(19)22(26)20-13-7-15-27-20)23-18-11-5-4-10-17(18)16-8-2-1-3-9-16/h1-5,7-11,13,15,19H,6,12,14H2,(H,23,25). The summed E-state index contributed by atoms with van der Waals surface area (Å²) in [5.41, 5.74) is 2.72. The van der Waals surface area contributed by atoms with E-state index in [1.807, 2.05) is 54.6 Å². The monoisotopic (exact) mass is 360 g/mol. The number of nitrogens with one attached hydrogen (secondary N) is 1. The molecule has 0 saturated carbocycles. The Balaban J connectivity index is 1.55. The molecular weight excluding hydrogens is 340 g/mol. The van der Waals surface area contributed by atoms with E-state index < -0.39 is 6.04 Å². The molecule has 1 saturated heterocycles. The molecule has 1 atom stereocenters. The number of benzene rings is 2. The molecule has 5 heteroatoms. The van der Waals surface area contributed by atoms with Crippen molar-refractivity contribution in [2.24, 2.45) is 0 Å². The molecule has 5 nitrogen and oxygen atoms in total. The Morgan fingerprint density at radius 1 is 0.963 bits per heavy atom. The maximum atomic E-state index is 12.9. The van der Waals surface area contributed by atoms with E-state index in [1.165, 1.54) is 6.26 Å². The van der Waals surface area contributed by atoms with E-state index in [0.717, 1.165) is 23.2 Å². The minimum Gasteiger partial charge on any atom is -0.459 e. The molecule has 1 unspecified atom stereocenters. The van der Waals surface area contributed by atoms with E-state index in [0.29, 0.717) is 13.0 Å². The third-order valence-electron chi connectivity index (χ3n) is 4.82. The van der Waals surface area contributed by atoms with Crippen LogP contribution < -0.4 is 5.32 Å². The van der Waals surface area contributed by atoms with Gasteiger partial charge < -0.3 is 14.6 Å². The Morgan fingerprint density at radius 3 is 2.52 bits per heavy atom. The van der Waals surface area contributed by atoms with Gasteiger partial charge in [0.2, 0.25) is 5.91 Å². The Labute approximate surface area is 157 Å². The smallest absolute Gasteiger partial charge is 0.290 e. The van der Waals surface area contributed by atoms with Gasteiger partial charge in [-0.1, -0.05) is 48.5 Å². The average Bonchev–Trinajstić information content (AvgIpc) is 3.41. The molecule has 2 aromatic carbocycles. The number of furan rings is 1. The summed E-state index contributed by atoms with van der Waals surface area (Å²) in [4.78, 5) is 27.2. The number of hydrogen-bond acceptors (Lipinski definition) is 3. The number of anilines is 1. The molecule has 2 heterocycles. The fourth-order valence-electron chi connectivity index (χ4n) is 3.50. The van der Waals surface area contributed by atoms with E-state index in [9.17, 15) is 9.59 Å². The first kappa shape index (κ1) is 17.1. The van der Waals surface area contributed by atoms with Gasteiger partial charge in [-0.2, -0.15) is 0 Å². The Kier molecular flexibility index (Phi) is 4.75. The van der Waals surface area contributed by atoms with E-state index >= 15 is 0 Å². The zero-order valence-corrected chi connectivity index (χ0v) is 14.8. The summed E-state index contributed by atoms with van der Waals surface area (Å²) in [5.74, 6) is -0.149. The summed E-state index contributed by atoms with van der Waals surface area (Å²) in [5, 5.41) is 3.02. The van der Waals surface area contributed by atoms with Gasteiger partial charge in [0.25, 0.3) is 5.91 Å². The lowest BCUT2D eigenvalue weighted by atomic mass is 10.0. The molecule has 1 aliphatic heterocycles. The van der Waals surface area contributed by atoms with Crippen LogP contribution in [0.4, 0.5) is 5.69 Å². The highest BCUT2D eigenvalue weighted by molar-refractivity contribution is 6.02. The van der Waals surface area contributed by atoms with Gasteiger partial charge >= 0.3 is 0 Å². The highest BCUT2D eigenvalue weighted by atomic mass is 16.3. The fraction of sp³-hybridized carbons (Fsp3) is 0.182. The van der Waals surface area contributed by atoms with Crippen LogP contribution in [-0.2, 0) is 4.79 Å². The SMILES string of the molecule is O=C(Nc1ccccc1-c1ccccc1)C1CCCN1C(=O)c1ccco1. The first-order chi connectivity index (χ1) is 13.2. The highest BCUT2D eigenvalue weighted by Crippen LogP contribution is 2.29. The lowest BCUT2D eigenvalue weighted by Crippen LogP contribution is -2.43. The second-order valence-electron chi connectivity index (χ2n) is 6.53. The molecule has 1 aromatic heterocycles. The van der Waals surface area contributed by atoms with Crippen molar-refractivity contribution in [3.8, 4) is 11.1 Å². The minimum absolute atomic E-state index is 0.171. The van der Waals surface area contributed by atoms with Gasteiger partial charge in [-0.25, -0.2) is 0 Å². The van der Waals surface area contributed by atoms with Crippen molar-refractivity contribution < 1.29 is 14.0 Å². The van der Waals surface area contributed by atoms with Crippen molar-refractivity contribution in [1.29, 1.82) is 0 Å². The van der Waals surface area contributed by atoms with Crippen molar-refractivity contribution in [2.75, 3.05) is 11.9 Å². The van der Waals surface area contributed by atoms with Crippen LogP contribution in [-0.4, -0.2) is 29.3 Å². The molecule has 0 radical (unpaired) electrons. The molecular formula is C22H20N2O3. The number of amides is 2. The molecule has 2 amide bonds. The Hall–Kier alpha value is -3.34. The highest BCUT2D eigenvalue weighted by Gasteiger charge is 2.35. The third-order valence-corrected chi connectivity index (χ3v) is 4.82. The predicted molar refractivity (Wildman–Crippen MR) is 103 cm³/mol. The fourth-order valence-corrected chi connectivity index (χ4v) is 3.50. The van der Waals surface area contributed by atoms with Gasteiger partial charge in [0.15, 0.2) is 5.76 Å². The second kappa shape index (κ2) is 7.50. The summed E-state index contributed by atoms with van der Waals surface area (Å²) < 4.78 is 5.21. The predicted octanol–water partition coefficient (Wildman–Crippen LogP) is 4.19. The van der Waals surface area contributed by atoms with Crippen LogP contribution in [0.3, 0.4) is 0 Å². The molecule has 4 rings (SSSR count). The number of nitrogens with zero attached hydrogens (tertiary/aromatic N) is 1. The molecule has 3 aromatic rings. The molecule has 0 aliphatic carbocycles. The van der Waals surface area contributed by atoms with Crippen LogP contribution in [0, 0.1) is 0 Å². The van der Waals surface area contributed by atoms with Crippen molar-refractivity contribution in [3.05, 3.63) is 78.8 Å². The quantitative estimate of drug-likeness (QED) is 0.759. The van der Waals surface area contributed by atoms with Crippen LogP contribution in [0.25, 0.3) is 11.1 Å². The average molecular weight is 360 g/mol. The van der Waals surface area contributed by atoms with Gasteiger partial charge in [-0.3, -0.25) is 9.59 Å². The van der Waals surface area contributed by atoms with Gasteiger partial charge in [0, 0.05) is 17.8 Å². The van der Waals surface area contributed by atoms with E-state index in [2.05, 4.69) is 5.32 Å². The van der Waals surface area contributed by atoms with Gasteiger partial charge in [0.1, 0.15) is 6.04 Å². The number of rotatable bonds is 4. The topological polar surface area (TPSA) is 62.6 Å². The molecule has 27 heavy (non-hydrogen) atoms. The molecule has 1 aliphatic rings. The third kappa shape index (κ3) is 3.49. The number of likely N-dealkylation sites (tertiary alicyclic amines) is 1. The number of carbonyl (C=O) groups is 2. The maximum absolute atomic E-state index is 12.9. The normalized spacial score (nSPS) is 16.3. The Morgan fingerprint density at radius 2 is 1.74 bits per heavy atom. The van der Waals surface area contributed by atoms with Crippen molar-refractivity contribution >= 4 is 17.5 Å². The number of para-hydroxylation sites is 1. The number of carbonyl (C=O) groups excluding carboxylic acids is 2. The summed E-state index contributed by atoms with van der Waals surface area (Å²) in [6.07, 6.45) is 2.91. The number of hydrogen-bond donors (Lipinski definition) is 1. The molecule has 136 valence electrons. The van der Waals surface area contributed by atoms with Gasteiger partial charge in [0.05, 0.1) is 6.26 Å². The lowest BCUT2D eigenvalue weighted by Gasteiger charge is -2.23. The van der Waals surface area contributed by atoms with Gasteiger partial charge in [-0.15, -0.1) is 0 Å². The minimum atomic E-state index is -0.494. The van der Waals surface area contributed by atoms with Crippen LogP contribution in [0.5, 0.6) is 0 Å². The van der Waals surface area contributed by atoms with Gasteiger partial charge in [-0.05, 0) is 36.6 Å². The summed E-state index contributed by atoms with van der Waals surface area (Å²) in [6.45, 7) is 0.554. The molecule has 0 bridgehead atoms. The molecule has 1 fully saturated rings. The summed E-state index contributed by atoms with van der Waals surface area (Å²) >= 11 is 0. The zero-order chi connectivity index (χ0) is 18.6. The van der Waals surface area contributed by atoms with Crippen molar-refractivity contribution in [3.63, 3.8) is 0 Å². The molecule has 1 N–H and O–H groups in total. The second-order valence-corrected chi connectivity index (χ2v) is 6.53. The van der Waals surface area contributed by atoms with E-state index in [4.69, 9.17) is 4.42 Å².